The number of carbonyl (C=O) groups excluding carboxylic acids is 2. The molecule has 0 aliphatic heterocycles. The molecule has 1 heterocycles. The molecule has 0 aliphatic rings. The molecule has 0 unspecified atom stereocenters. The fourth-order valence-corrected chi connectivity index (χ4v) is 1.18. The van der Waals surface area contributed by atoms with Crippen molar-refractivity contribution in [1.29, 1.82) is 0 Å². The van der Waals surface area contributed by atoms with Crippen LogP contribution in [0.3, 0.4) is 0 Å². The van der Waals surface area contributed by atoms with Gasteiger partial charge in [-0.2, -0.15) is 0 Å². The maximum Gasteiger partial charge on any atom is 0.225 e. The van der Waals surface area contributed by atoms with Gasteiger partial charge >= 0.3 is 0 Å². The third kappa shape index (κ3) is 1.24. The van der Waals surface area contributed by atoms with Crippen molar-refractivity contribution in [1.82, 2.24) is 0 Å². The van der Waals surface area contributed by atoms with Gasteiger partial charge in [0.25, 0.3) is 0 Å². The monoisotopic (exact) mass is 174 g/mol. The fourth-order valence-electron chi connectivity index (χ4n) is 1.18. The number of carbonyl (C=O) groups is 2. The van der Waals surface area contributed by atoms with Crippen LogP contribution in [0.4, 0.5) is 0 Å². The molecule has 0 bridgehead atoms. The zero-order valence-electron chi connectivity index (χ0n) is 6.69. The quantitative estimate of drug-likeness (QED) is 0.396. The molecular weight excluding hydrogens is 168 g/mol. The van der Waals surface area contributed by atoms with Gasteiger partial charge in [0, 0.05) is 10.9 Å². The van der Waals surface area contributed by atoms with Gasteiger partial charge < -0.3 is 4.42 Å². The SMILES string of the molecule is O=CC(=O)c1ccc2ccoc2c1. The molecule has 0 aliphatic carbocycles. The minimum absolute atomic E-state index is 0.296. The van der Waals surface area contributed by atoms with Crippen LogP contribution in [0.2, 0.25) is 0 Å². The molecule has 0 N–H and O–H groups in total. The van der Waals surface area contributed by atoms with Gasteiger partial charge in [-0.15, -0.1) is 0 Å². The molecule has 3 heteroatoms. The van der Waals surface area contributed by atoms with Gasteiger partial charge in [0.05, 0.1) is 6.26 Å². The van der Waals surface area contributed by atoms with Crippen molar-refractivity contribution in [2.45, 2.75) is 0 Å². The largest absolute Gasteiger partial charge is 0.464 e. The predicted octanol–water partition coefficient (Wildman–Crippen LogP) is 1.81. The highest BCUT2D eigenvalue weighted by Gasteiger charge is 2.05. The number of benzene rings is 1. The number of hydrogen-bond acceptors (Lipinski definition) is 3. The van der Waals surface area contributed by atoms with Crippen molar-refractivity contribution in [2.24, 2.45) is 0 Å². The summed E-state index contributed by atoms with van der Waals surface area (Å²) in [5, 5.41) is 0.919. The first-order valence-corrected chi connectivity index (χ1v) is 3.78. The van der Waals surface area contributed by atoms with Gasteiger partial charge in [-0.05, 0) is 12.1 Å². The number of hydrogen-bond donors (Lipinski definition) is 0. The summed E-state index contributed by atoms with van der Waals surface area (Å²) in [6.07, 6.45) is 1.84. The third-order valence-corrected chi connectivity index (χ3v) is 1.85. The van der Waals surface area contributed by atoms with Crippen molar-refractivity contribution >= 4 is 23.0 Å². The lowest BCUT2D eigenvalue weighted by Gasteiger charge is -1.92. The van der Waals surface area contributed by atoms with Crippen molar-refractivity contribution in [3.05, 3.63) is 36.1 Å². The van der Waals surface area contributed by atoms with E-state index in [-0.39, 0.29) is 0 Å². The van der Waals surface area contributed by atoms with Crippen LogP contribution in [0.5, 0.6) is 0 Å². The van der Waals surface area contributed by atoms with Crippen molar-refractivity contribution in [3.63, 3.8) is 0 Å². The molecule has 0 spiro atoms. The summed E-state index contributed by atoms with van der Waals surface area (Å²) < 4.78 is 5.09. The zero-order valence-corrected chi connectivity index (χ0v) is 6.69. The number of Topliss-reactive ketones (excluding diaryl/α,β-unsaturated/α-hetero) is 1. The van der Waals surface area contributed by atoms with Crippen LogP contribution in [-0.2, 0) is 4.79 Å². The highest BCUT2D eigenvalue weighted by Crippen LogP contribution is 2.16. The Labute approximate surface area is 74.0 Å². The Morgan fingerprint density at radius 1 is 1.31 bits per heavy atom. The van der Waals surface area contributed by atoms with E-state index in [0.29, 0.717) is 17.4 Å². The van der Waals surface area contributed by atoms with Gasteiger partial charge in [0.15, 0.2) is 6.29 Å². The summed E-state index contributed by atoms with van der Waals surface area (Å²) in [5.74, 6) is -0.529. The van der Waals surface area contributed by atoms with Crippen LogP contribution < -0.4 is 0 Å². The predicted molar refractivity (Wildman–Crippen MR) is 46.6 cm³/mol. The van der Waals surface area contributed by atoms with E-state index in [0.717, 1.165) is 5.39 Å². The van der Waals surface area contributed by atoms with Gasteiger partial charge in [0.2, 0.25) is 5.78 Å². The maximum absolute atomic E-state index is 11.0. The van der Waals surface area contributed by atoms with E-state index < -0.39 is 5.78 Å². The molecule has 0 saturated carbocycles. The Kier molecular flexibility index (Phi) is 1.70. The van der Waals surface area contributed by atoms with Crippen LogP contribution in [0, 0.1) is 0 Å². The van der Waals surface area contributed by atoms with Crippen LogP contribution in [0.1, 0.15) is 10.4 Å². The number of ketones is 1. The van der Waals surface area contributed by atoms with Crippen molar-refractivity contribution in [3.8, 4) is 0 Å². The van der Waals surface area contributed by atoms with E-state index in [1.54, 1.807) is 30.5 Å². The molecule has 0 radical (unpaired) electrons. The first-order valence-electron chi connectivity index (χ1n) is 3.78. The molecule has 3 nitrogen and oxygen atoms in total. The highest BCUT2D eigenvalue weighted by molar-refractivity contribution is 6.33. The van der Waals surface area contributed by atoms with E-state index in [2.05, 4.69) is 0 Å². The zero-order chi connectivity index (χ0) is 9.26. The second-order valence-electron chi connectivity index (χ2n) is 2.66. The maximum atomic E-state index is 11.0. The van der Waals surface area contributed by atoms with Crippen LogP contribution in [-0.4, -0.2) is 12.1 Å². The molecule has 1 aromatic heterocycles. The van der Waals surface area contributed by atoms with E-state index in [4.69, 9.17) is 4.42 Å². The lowest BCUT2D eigenvalue weighted by atomic mass is 10.1. The number of fused-ring (bicyclic) bond motifs is 1. The topological polar surface area (TPSA) is 47.3 Å². The summed E-state index contributed by atoms with van der Waals surface area (Å²) in [4.78, 5) is 21.2. The Bertz CT molecular complexity index is 468. The minimum Gasteiger partial charge on any atom is -0.464 e. The molecule has 1 aromatic carbocycles. The number of furan rings is 1. The molecule has 2 rings (SSSR count). The highest BCUT2D eigenvalue weighted by atomic mass is 16.3. The minimum atomic E-state index is -0.529. The average molecular weight is 174 g/mol. The van der Waals surface area contributed by atoms with Gasteiger partial charge in [0.1, 0.15) is 5.58 Å². The standard InChI is InChI=1S/C10H6O3/c11-6-9(12)8-2-1-7-3-4-13-10(7)5-8/h1-6H. The van der Waals surface area contributed by atoms with Crippen LogP contribution in [0.15, 0.2) is 34.9 Å². The molecule has 2 aromatic rings. The van der Waals surface area contributed by atoms with Gasteiger partial charge in [-0.3, -0.25) is 9.59 Å². The van der Waals surface area contributed by atoms with E-state index in [1.807, 2.05) is 0 Å². The summed E-state index contributed by atoms with van der Waals surface area (Å²) >= 11 is 0. The molecular formula is C10H6O3. The second-order valence-corrected chi connectivity index (χ2v) is 2.66. The van der Waals surface area contributed by atoms with E-state index in [1.165, 1.54) is 0 Å². The van der Waals surface area contributed by atoms with Gasteiger partial charge in [-0.25, -0.2) is 0 Å². The molecule has 0 saturated heterocycles. The van der Waals surface area contributed by atoms with E-state index >= 15 is 0 Å². The van der Waals surface area contributed by atoms with Crippen LogP contribution >= 0.6 is 0 Å². The van der Waals surface area contributed by atoms with Crippen molar-refractivity contribution in [2.75, 3.05) is 0 Å². The second kappa shape index (κ2) is 2.86. The molecule has 13 heavy (non-hydrogen) atoms. The number of aldehydes is 1. The van der Waals surface area contributed by atoms with E-state index in [9.17, 15) is 9.59 Å². The molecule has 0 atom stereocenters. The summed E-state index contributed by atoms with van der Waals surface area (Å²) in [7, 11) is 0. The average Bonchev–Trinajstić information content (AvgIpc) is 2.63. The Balaban J connectivity index is 2.60. The number of rotatable bonds is 2. The Morgan fingerprint density at radius 2 is 2.15 bits per heavy atom. The summed E-state index contributed by atoms with van der Waals surface area (Å²) in [5.41, 5.74) is 0.977. The first-order chi connectivity index (χ1) is 6.31. The molecule has 0 amide bonds. The van der Waals surface area contributed by atoms with Gasteiger partial charge in [-0.1, -0.05) is 12.1 Å². The molecule has 64 valence electrons. The lowest BCUT2D eigenvalue weighted by Crippen LogP contribution is -1.98. The summed E-state index contributed by atoms with van der Waals surface area (Å²) in [6, 6.07) is 6.71. The smallest absolute Gasteiger partial charge is 0.225 e. The Hall–Kier alpha value is -1.90. The van der Waals surface area contributed by atoms with Crippen LogP contribution in [0.25, 0.3) is 11.0 Å². The van der Waals surface area contributed by atoms with Crippen molar-refractivity contribution < 1.29 is 14.0 Å². The first kappa shape index (κ1) is 7.73. The normalized spacial score (nSPS) is 10.2. The summed E-state index contributed by atoms with van der Waals surface area (Å²) in [6.45, 7) is 0. The third-order valence-electron chi connectivity index (χ3n) is 1.85. The lowest BCUT2D eigenvalue weighted by molar-refractivity contribution is -0.104. The Morgan fingerprint density at radius 3 is 2.92 bits per heavy atom. The fraction of sp³-hybridized carbons (Fsp3) is 0. The molecule has 0 fully saturated rings.